The van der Waals surface area contributed by atoms with Gasteiger partial charge in [0.1, 0.15) is 18.0 Å². The number of alkyl halides is 3. The summed E-state index contributed by atoms with van der Waals surface area (Å²) >= 11 is 0. The van der Waals surface area contributed by atoms with Crippen LogP contribution in [-0.4, -0.2) is 86.1 Å². The first-order valence-electron chi connectivity index (χ1n) is 14.8. The number of aliphatic hydroxyl groups is 1. The molecule has 0 saturated carbocycles. The van der Waals surface area contributed by atoms with E-state index >= 15 is 0 Å². The number of benzene rings is 1. The summed E-state index contributed by atoms with van der Waals surface area (Å²) in [4.78, 5) is 52.1. The Labute approximate surface area is 267 Å². The monoisotopic (exact) mass is 654 g/mol. The van der Waals surface area contributed by atoms with Crippen molar-refractivity contribution in [2.75, 3.05) is 49.6 Å². The summed E-state index contributed by atoms with van der Waals surface area (Å²) in [7, 11) is 0. The molecule has 2 amide bonds. The lowest BCUT2D eigenvalue weighted by Crippen LogP contribution is -2.52. The molecule has 3 aromatic rings. The van der Waals surface area contributed by atoms with Crippen LogP contribution < -0.4 is 15.8 Å². The number of carbonyl (C=O) groups excluding carboxylic acids is 2. The number of ether oxygens (including phenoxy) is 1. The summed E-state index contributed by atoms with van der Waals surface area (Å²) in [5.41, 5.74) is 0.179. The Bertz CT molecular complexity index is 1830. The molecule has 1 saturated heterocycles. The first-order valence-corrected chi connectivity index (χ1v) is 14.8. The van der Waals surface area contributed by atoms with Gasteiger partial charge in [0, 0.05) is 38.1 Å². The van der Waals surface area contributed by atoms with Crippen LogP contribution in [0.15, 0.2) is 65.2 Å². The number of hydrogen-bond donors (Lipinski definition) is 2. The largest absolute Gasteiger partial charge is 0.506 e. The molecule has 0 bridgehead atoms. The van der Waals surface area contributed by atoms with Gasteiger partial charge in [-0.15, -0.1) is 5.10 Å². The van der Waals surface area contributed by atoms with Crippen LogP contribution in [0.1, 0.15) is 30.4 Å². The zero-order chi connectivity index (χ0) is 33.9. The van der Waals surface area contributed by atoms with E-state index in [1.54, 1.807) is 4.57 Å². The lowest BCUT2D eigenvalue weighted by atomic mass is 10.1. The summed E-state index contributed by atoms with van der Waals surface area (Å²) in [5.74, 6) is -1.14. The summed E-state index contributed by atoms with van der Waals surface area (Å²) in [6, 6.07) is 4.09. The molecule has 13 nitrogen and oxygen atoms in total. The lowest BCUT2D eigenvalue weighted by molar-refractivity contribution is -0.137. The van der Waals surface area contributed by atoms with Crippen LogP contribution >= 0.6 is 0 Å². The van der Waals surface area contributed by atoms with E-state index in [0.717, 1.165) is 28.4 Å². The molecule has 0 atom stereocenters. The second-order valence-corrected chi connectivity index (χ2v) is 10.8. The highest BCUT2D eigenvalue weighted by molar-refractivity contribution is 6.44. The number of fused-ring (bicyclic) bond motifs is 1. The molecular weight excluding hydrogens is 621 g/mol. The molecule has 2 aromatic heterocycles. The van der Waals surface area contributed by atoms with Crippen molar-refractivity contribution >= 4 is 40.3 Å². The molecule has 47 heavy (non-hydrogen) atoms. The molecule has 0 unspecified atom stereocenters. The van der Waals surface area contributed by atoms with Crippen LogP contribution in [0.25, 0.3) is 11.4 Å². The first-order chi connectivity index (χ1) is 22.4. The summed E-state index contributed by atoms with van der Waals surface area (Å²) in [6.45, 7) is 10.0. The molecule has 16 heteroatoms. The molecule has 1 aromatic carbocycles. The van der Waals surface area contributed by atoms with E-state index in [4.69, 9.17) is 4.74 Å². The highest BCUT2D eigenvalue weighted by atomic mass is 19.4. The van der Waals surface area contributed by atoms with Gasteiger partial charge in [-0.1, -0.05) is 26.2 Å². The van der Waals surface area contributed by atoms with Crippen molar-refractivity contribution in [3.8, 4) is 0 Å². The number of nitrogens with zero attached hydrogens (tertiary/aromatic N) is 7. The quantitative estimate of drug-likeness (QED) is 0.264. The molecule has 0 spiro atoms. The fourth-order valence-electron chi connectivity index (χ4n) is 5.51. The van der Waals surface area contributed by atoms with E-state index in [9.17, 15) is 32.7 Å². The third kappa shape index (κ3) is 6.96. The number of aliphatic hydroxyl groups excluding tert-OH is 1. The van der Waals surface area contributed by atoms with Crippen LogP contribution in [0.5, 0.6) is 0 Å². The highest BCUT2D eigenvalue weighted by Gasteiger charge is 2.32. The average Bonchev–Trinajstić information content (AvgIpc) is 3.51. The zero-order valence-corrected chi connectivity index (χ0v) is 25.6. The minimum Gasteiger partial charge on any atom is -0.506 e. The van der Waals surface area contributed by atoms with E-state index in [1.165, 1.54) is 17.0 Å². The Balaban J connectivity index is 1.50. The summed E-state index contributed by atoms with van der Waals surface area (Å²) < 4.78 is 47.2. The maximum atomic E-state index is 14.1. The minimum atomic E-state index is -4.52. The number of anilines is 2. The first kappa shape index (κ1) is 33.1. The average molecular weight is 655 g/mol. The Morgan fingerprint density at radius 1 is 1.17 bits per heavy atom. The number of carbonyl (C=O) groups is 2. The number of piperazine rings is 1. The number of hydrogen-bond acceptors (Lipinski definition) is 9. The van der Waals surface area contributed by atoms with Crippen molar-refractivity contribution in [3.05, 3.63) is 82.9 Å². The van der Waals surface area contributed by atoms with E-state index < -0.39 is 34.9 Å². The molecule has 0 aliphatic carbocycles. The molecule has 2 aliphatic rings. The van der Waals surface area contributed by atoms with E-state index in [2.05, 4.69) is 33.5 Å². The Morgan fingerprint density at radius 3 is 2.45 bits per heavy atom. The van der Waals surface area contributed by atoms with E-state index in [-0.39, 0.29) is 55.6 Å². The van der Waals surface area contributed by atoms with Gasteiger partial charge in [-0.05, 0) is 42.7 Å². The van der Waals surface area contributed by atoms with Gasteiger partial charge in [-0.3, -0.25) is 14.4 Å². The Hall–Kier alpha value is -5.25. The number of aliphatic imine (C=N–C) groups is 1. The third-order valence-electron chi connectivity index (χ3n) is 7.79. The van der Waals surface area contributed by atoms with Crippen LogP contribution in [0.4, 0.5) is 24.5 Å². The molecule has 1 fully saturated rings. The molecule has 248 valence electrons. The van der Waals surface area contributed by atoms with Crippen LogP contribution in [0.3, 0.4) is 0 Å². The van der Waals surface area contributed by atoms with Gasteiger partial charge < -0.3 is 29.5 Å². The maximum Gasteiger partial charge on any atom is 0.416 e. The van der Waals surface area contributed by atoms with Gasteiger partial charge in [0.25, 0.3) is 11.5 Å². The second kappa shape index (κ2) is 13.6. The van der Waals surface area contributed by atoms with Gasteiger partial charge in [0.15, 0.2) is 11.5 Å². The van der Waals surface area contributed by atoms with Crippen molar-refractivity contribution in [1.82, 2.24) is 24.1 Å². The third-order valence-corrected chi connectivity index (χ3v) is 7.79. The van der Waals surface area contributed by atoms with Crippen molar-refractivity contribution in [3.63, 3.8) is 0 Å². The van der Waals surface area contributed by atoms with Gasteiger partial charge >= 0.3 is 6.18 Å². The van der Waals surface area contributed by atoms with Gasteiger partial charge in [-0.25, -0.2) is 4.99 Å². The van der Waals surface area contributed by atoms with Crippen LogP contribution in [0.2, 0.25) is 0 Å². The van der Waals surface area contributed by atoms with E-state index in [1.807, 2.05) is 17.9 Å². The highest BCUT2D eigenvalue weighted by Crippen LogP contribution is 2.30. The number of rotatable bonds is 9. The molecule has 2 N–H and O–H groups in total. The number of aromatic nitrogens is 4. The normalized spacial score (nSPS) is 15.8. The SMILES string of the molecule is C=CN=C(C(=C)O)C(=O)N1CCN(c2c(CC)n(CC(=O)Nc3ccc(C(F)(F)F)cc3)c3nc(C4=CCOCC4)nn3c2=O)CC1. The van der Waals surface area contributed by atoms with Crippen molar-refractivity contribution in [1.29, 1.82) is 0 Å². The van der Waals surface area contributed by atoms with Gasteiger partial charge in [0.2, 0.25) is 11.7 Å². The van der Waals surface area contributed by atoms with Crippen molar-refractivity contribution in [2.45, 2.75) is 32.5 Å². The number of nitrogens with one attached hydrogen (secondary N) is 1. The van der Waals surface area contributed by atoms with Crippen molar-refractivity contribution in [2.24, 2.45) is 4.99 Å². The fourth-order valence-corrected chi connectivity index (χ4v) is 5.51. The standard InChI is InChI=1S/C31H33F3N8O5/c1-4-23-26(39-12-14-40(15-13-39)28(45)25(19(3)43)35-5-2)29(46)42-30(37-27(38-42)20-10-16-47-17-11-20)41(23)18-24(44)36-22-8-6-21(7-9-22)31(32,33)34/h5-10,43H,2-4,11-18H2,1H3,(H,36,44). The zero-order valence-electron chi connectivity index (χ0n) is 25.6. The predicted octanol–water partition coefficient (Wildman–Crippen LogP) is 3.22. The lowest BCUT2D eigenvalue weighted by Gasteiger charge is -2.36. The van der Waals surface area contributed by atoms with Crippen LogP contribution in [0, 0.1) is 0 Å². The molecule has 5 rings (SSSR count). The van der Waals surface area contributed by atoms with Gasteiger partial charge in [-0.2, -0.15) is 22.7 Å². The minimum absolute atomic E-state index is 0.126. The molecule has 4 heterocycles. The summed E-state index contributed by atoms with van der Waals surface area (Å²) in [5, 5.41) is 17.0. The Morgan fingerprint density at radius 2 is 1.87 bits per heavy atom. The smallest absolute Gasteiger partial charge is 0.416 e. The molecule has 0 radical (unpaired) electrons. The van der Waals surface area contributed by atoms with Crippen LogP contribution in [-0.2, 0) is 33.5 Å². The fraction of sp³-hybridized carbons (Fsp3) is 0.355. The van der Waals surface area contributed by atoms with Gasteiger partial charge in [0.05, 0.1) is 24.5 Å². The maximum absolute atomic E-state index is 14.1. The predicted molar refractivity (Wildman–Crippen MR) is 168 cm³/mol. The van der Waals surface area contributed by atoms with E-state index in [0.29, 0.717) is 37.6 Å². The van der Waals surface area contributed by atoms with Crippen molar-refractivity contribution < 1.29 is 32.6 Å². The number of amides is 2. The Kier molecular flexibility index (Phi) is 9.60. The summed E-state index contributed by atoms with van der Waals surface area (Å²) in [6.07, 6.45) is -0.720. The molecule has 2 aliphatic heterocycles. The molecular formula is C31H33F3N8O5. The topological polar surface area (TPSA) is 147 Å². The number of halogens is 3. The second-order valence-electron chi connectivity index (χ2n) is 10.8.